The molecule has 0 aliphatic carbocycles. The number of nitrogens with one attached hydrogen (secondary N) is 2. The Balaban J connectivity index is 1.66. The number of aromatic nitrogens is 2. The molecule has 7 nitrogen and oxygen atoms in total. The molecule has 1 fully saturated rings. The zero-order valence-corrected chi connectivity index (χ0v) is 23.7. The summed E-state index contributed by atoms with van der Waals surface area (Å²) in [6.07, 6.45) is 2.95. The zero-order chi connectivity index (χ0) is 27.2. The van der Waals surface area contributed by atoms with Gasteiger partial charge < -0.3 is 14.8 Å². The Kier molecular flexibility index (Phi) is 6.75. The number of anilines is 2. The Hall–Kier alpha value is -3.69. The molecule has 196 valence electrons. The third-order valence-electron chi connectivity index (χ3n) is 7.03. The zero-order valence-electron chi connectivity index (χ0n) is 22.1. The highest BCUT2D eigenvalue weighted by atomic mass is 32.2. The molecule has 0 radical (unpaired) electrons. The van der Waals surface area contributed by atoms with E-state index < -0.39 is 10.0 Å². The molecule has 0 bridgehead atoms. The van der Waals surface area contributed by atoms with E-state index in [4.69, 9.17) is 12.2 Å². The number of pyridine rings is 1. The van der Waals surface area contributed by atoms with Gasteiger partial charge in [0.15, 0.2) is 5.11 Å². The summed E-state index contributed by atoms with van der Waals surface area (Å²) >= 11 is 5.91. The number of benzene rings is 2. The Bertz CT molecular complexity index is 1630. The van der Waals surface area contributed by atoms with Crippen LogP contribution in [0.3, 0.4) is 0 Å². The van der Waals surface area contributed by atoms with Crippen molar-refractivity contribution >= 4 is 38.7 Å². The van der Waals surface area contributed by atoms with Gasteiger partial charge in [-0.1, -0.05) is 24.3 Å². The van der Waals surface area contributed by atoms with Crippen molar-refractivity contribution < 1.29 is 8.42 Å². The molecule has 0 amide bonds. The number of para-hydroxylation sites is 1. The van der Waals surface area contributed by atoms with Gasteiger partial charge in [-0.3, -0.25) is 9.71 Å². The molecule has 5 rings (SSSR count). The Morgan fingerprint density at radius 1 is 0.947 bits per heavy atom. The van der Waals surface area contributed by atoms with Crippen LogP contribution < -0.4 is 14.9 Å². The fourth-order valence-corrected chi connectivity index (χ4v) is 6.31. The van der Waals surface area contributed by atoms with Crippen molar-refractivity contribution in [1.82, 2.24) is 14.9 Å². The molecule has 1 saturated heterocycles. The fraction of sp³-hybridized carbons (Fsp3) is 0.241. The lowest BCUT2D eigenvalue weighted by Gasteiger charge is -2.29. The average molecular weight is 546 g/mol. The van der Waals surface area contributed by atoms with Crippen LogP contribution in [0, 0.1) is 27.7 Å². The van der Waals surface area contributed by atoms with Crippen molar-refractivity contribution in [3.8, 4) is 5.69 Å². The van der Waals surface area contributed by atoms with Crippen LogP contribution in [0.15, 0.2) is 72.9 Å². The maximum atomic E-state index is 11.8. The maximum Gasteiger partial charge on any atom is 0.229 e. The fourth-order valence-electron chi connectivity index (χ4n) is 5.33. The monoisotopic (exact) mass is 545 g/mol. The van der Waals surface area contributed by atoms with Crippen molar-refractivity contribution in [2.45, 2.75) is 39.8 Å². The molecule has 2 aromatic heterocycles. The number of nitrogens with zero attached hydrogens (tertiary/aromatic N) is 3. The number of hydrogen-bond acceptors (Lipinski definition) is 4. The summed E-state index contributed by atoms with van der Waals surface area (Å²) < 4.78 is 28.6. The maximum absolute atomic E-state index is 11.8. The summed E-state index contributed by atoms with van der Waals surface area (Å²) in [4.78, 5) is 6.79. The molecular formula is C29H31N5O2S2. The largest absolute Gasteiger partial charge is 0.351 e. The van der Waals surface area contributed by atoms with Gasteiger partial charge in [-0.15, -0.1) is 0 Å². The molecule has 0 unspecified atom stereocenters. The smallest absolute Gasteiger partial charge is 0.229 e. The van der Waals surface area contributed by atoms with Gasteiger partial charge >= 0.3 is 0 Å². The van der Waals surface area contributed by atoms with Crippen molar-refractivity contribution in [3.63, 3.8) is 0 Å². The van der Waals surface area contributed by atoms with Gasteiger partial charge in [0.2, 0.25) is 10.0 Å². The minimum atomic E-state index is -3.39. The number of sulfonamides is 1. The third-order valence-corrected chi connectivity index (χ3v) is 7.93. The highest BCUT2D eigenvalue weighted by Gasteiger charge is 2.42. The van der Waals surface area contributed by atoms with Crippen LogP contribution in [0.4, 0.5) is 11.4 Å². The first kappa shape index (κ1) is 25.9. The van der Waals surface area contributed by atoms with E-state index in [2.05, 4.69) is 75.6 Å². The van der Waals surface area contributed by atoms with E-state index in [0.29, 0.717) is 10.8 Å². The highest BCUT2D eigenvalue weighted by molar-refractivity contribution is 7.92. The van der Waals surface area contributed by atoms with Crippen LogP contribution in [-0.2, 0) is 10.0 Å². The number of hydrogen-bond donors (Lipinski definition) is 2. The van der Waals surface area contributed by atoms with Crippen LogP contribution in [0.2, 0.25) is 0 Å². The van der Waals surface area contributed by atoms with Crippen molar-refractivity contribution in [2.75, 3.05) is 15.9 Å². The molecule has 3 heterocycles. The van der Waals surface area contributed by atoms with Gasteiger partial charge in [-0.25, -0.2) is 8.42 Å². The SMILES string of the molecule is Cc1cc(N2C(=S)N[C@@H](c3ccccn3)[C@H]2c2cc(C)n(-c3ccccc3C)c2C)ccc1NS(C)(=O)=O. The van der Waals surface area contributed by atoms with E-state index in [-0.39, 0.29) is 12.1 Å². The third kappa shape index (κ3) is 4.79. The summed E-state index contributed by atoms with van der Waals surface area (Å²) in [5, 5.41) is 4.11. The predicted octanol–water partition coefficient (Wildman–Crippen LogP) is 5.65. The highest BCUT2D eigenvalue weighted by Crippen LogP contribution is 2.44. The first-order valence-electron chi connectivity index (χ1n) is 12.4. The Morgan fingerprint density at radius 2 is 1.68 bits per heavy atom. The van der Waals surface area contributed by atoms with Gasteiger partial charge in [0.1, 0.15) is 0 Å². The van der Waals surface area contributed by atoms with E-state index in [9.17, 15) is 8.42 Å². The van der Waals surface area contributed by atoms with Crippen molar-refractivity contribution in [2.24, 2.45) is 0 Å². The molecule has 9 heteroatoms. The van der Waals surface area contributed by atoms with Gasteiger partial charge in [-0.2, -0.15) is 0 Å². The topological polar surface area (TPSA) is 79.3 Å². The Morgan fingerprint density at radius 3 is 2.34 bits per heavy atom. The van der Waals surface area contributed by atoms with E-state index in [1.165, 1.54) is 5.56 Å². The minimum Gasteiger partial charge on any atom is -0.351 e. The van der Waals surface area contributed by atoms with E-state index in [1.807, 2.05) is 37.3 Å². The molecule has 1 aliphatic heterocycles. The van der Waals surface area contributed by atoms with Crippen LogP contribution >= 0.6 is 12.2 Å². The number of aryl methyl sites for hydroxylation is 3. The second kappa shape index (κ2) is 9.89. The summed E-state index contributed by atoms with van der Waals surface area (Å²) in [5.74, 6) is 0. The standard InChI is InChI=1S/C29H31N5O2S2/c1-18-10-6-7-12-26(18)33-20(3)17-23(21(33)4)28-27(25-11-8-9-15-30-25)31-29(37)34(28)22-13-14-24(19(2)16-22)32-38(5,35)36/h6-17,27-28,32H,1-5H3,(H,31,37)/t27-,28+/m0/s1. The second-order valence-corrected chi connectivity index (χ2v) is 12.0. The van der Waals surface area contributed by atoms with Gasteiger partial charge in [0, 0.05) is 29.0 Å². The summed E-state index contributed by atoms with van der Waals surface area (Å²) in [6, 6.07) is 21.8. The van der Waals surface area contributed by atoms with Crippen LogP contribution in [-0.4, -0.2) is 29.3 Å². The molecule has 38 heavy (non-hydrogen) atoms. The Labute approximate surface area is 229 Å². The molecule has 2 N–H and O–H groups in total. The average Bonchev–Trinajstić information content (AvgIpc) is 3.36. The van der Waals surface area contributed by atoms with Crippen LogP contribution in [0.5, 0.6) is 0 Å². The normalized spacial score (nSPS) is 17.5. The quantitative estimate of drug-likeness (QED) is 0.305. The minimum absolute atomic E-state index is 0.172. The van der Waals surface area contributed by atoms with Crippen LogP contribution in [0.25, 0.3) is 5.69 Å². The first-order chi connectivity index (χ1) is 18.0. The van der Waals surface area contributed by atoms with E-state index in [0.717, 1.165) is 45.8 Å². The van der Waals surface area contributed by atoms with Crippen LogP contribution in [0.1, 0.15) is 45.9 Å². The molecule has 1 aliphatic rings. The summed E-state index contributed by atoms with van der Waals surface area (Å²) in [5.41, 5.74) is 8.88. The van der Waals surface area contributed by atoms with Gasteiger partial charge in [-0.05, 0) is 99.1 Å². The lowest BCUT2D eigenvalue weighted by molar-refractivity contribution is 0.565. The summed E-state index contributed by atoms with van der Waals surface area (Å²) in [7, 11) is -3.39. The van der Waals surface area contributed by atoms with Gasteiger partial charge in [0.05, 0.1) is 29.7 Å². The number of rotatable bonds is 6. The van der Waals surface area contributed by atoms with E-state index in [1.54, 1.807) is 12.3 Å². The van der Waals surface area contributed by atoms with Crippen molar-refractivity contribution in [1.29, 1.82) is 0 Å². The lowest BCUT2D eigenvalue weighted by Crippen LogP contribution is -2.29. The lowest BCUT2D eigenvalue weighted by atomic mass is 9.96. The molecule has 4 aromatic rings. The molecule has 0 saturated carbocycles. The molecule has 2 atom stereocenters. The van der Waals surface area contributed by atoms with Gasteiger partial charge in [0.25, 0.3) is 0 Å². The predicted molar refractivity (Wildman–Crippen MR) is 158 cm³/mol. The molecule has 0 spiro atoms. The number of thiocarbonyl (C=S) groups is 1. The first-order valence-corrected chi connectivity index (χ1v) is 14.7. The second-order valence-electron chi connectivity index (χ2n) is 9.82. The summed E-state index contributed by atoms with van der Waals surface area (Å²) in [6.45, 7) is 8.28. The van der Waals surface area contributed by atoms with E-state index >= 15 is 0 Å². The van der Waals surface area contributed by atoms with Crippen molar-refractivity contribution in [3.05, 3.63) is 107 Å². The molecule has 2 aromatic carbocycles. The molecular weight excluding hydrogens is 514 g/mol.